The number of hydrogen-bond acceptors (Lipinski definition) is 5. The van der Waals surface area contributed by atoms with Gasteiger partial charge in [0, 0.05) is 6.54 Å². The van der Waals surface area contributed by atoms with E-state index in [1.54, 1.807) is 4.90 Å². The molecule has 2 aliphatic heterocycles. The van der Waals surface area contributed by atoms with Crippen LogP contribution in [-0.4, -0.2) is 72.2 Å². The van der Waals surface area contributed by atoms with E-state index in [2.05, 4.69) is 0 Å². The van der Waals surface area contributed by atoms with Crippen molar-refractivity contribution in [1.29, 1.82) is 0 Å². The number of carboxylic acid groups (broad SMARTS) is 1. The molecule has 3 atom stereocenters. The van der Waals surface area contributed by atoms with E-state index in [0.717, 1.165) is 0 Å². The minimum absolute atomic E-state index is 0.179. The third-order valence-electron chi connectivity index (χ3n) is 2.90. The van der Waals surface area contributed by atoms with Crippen LogP contribution in [0.3, 0.4) is 0 Å². The van der Waals surface area contributed by atoms with E-state index >= 15 is 0 Å². The van der Waals surface area contributed by atoms with E-state index in [1.807, 2.05) is 0 Å². The Labute approximate surface area is 87.4 Å². The van der Waals surface area contributed by atoms with Gasteiger partial charge in [-0.3, -0.25) is 9.69 Å². The fourth-order valence-corrected chi connectivity index (χ4v) is 2.08. The number of carboxylic acids is 1. The van der Waals surface area contributed by atoms with Gasteiger partial charge in [-0.1, -0.05) is 0 Å². The first-order valence-electron chi connectivity index (χ1n) is 5.02. The molecule has 0 aromatic heterocycles. The number of nitrogens with zero attached hydrogens (tertiary/aromatic N) is 1. The average molecular weight is 217 g/mol. The quantitative estimate of drug-likeness (QED) is 0.588. The third-order valence-corrected chi connectivity index (χ3v) is 2.90. The van der Waals surface area contributed by atoms with Crippen molar-refractivity contribution in [2.24, 2.45) is 0 Å². The standard InChI is InChI=1S/C9H15NO5/c11-8-5-15-3-6(8)10-1-2-14-4-7(10)9(12)13/h6-8,11H,1-5H2,(H,12,13). The molecule has 0 radical (unpaired) electrons. The summed E-state index contributed by atoms with van der Waals surface area (Å²) in [6.45, 7) is 1.90. The highest BCUT2D eigenvalue weighted by molar-refractivity contribution is 5.73. The summed E-state index contributed by atoms with van der Waals surface area (Å²) in [6.07, 6.45) is -0.593. The largest absolute Gasteiger partial charge is 0.480 e. The monoisotopic (exact) mass is 217 g/mol. The molecule has 86 valence electrons. The van der Waals surface area contributed by atoms with Crippen LogP contribution in [0.4, 0.5) is 0 Å². The predicted octanol–water partition coefficient (Wildman–Crippen LogP) is -1.47. The first-order chi connectivity index (χ1) is 7.20. The third kappa shape index (κ3) is 2.12. The lowest BCUT2D eigenvalue weighted by molar-refractivity contribution is -0.152. The molecule has 0 aromatic carbocycles. The lowest BCUT2D eigenvalue weighted by atomic mass is 10.1. The van der Waals surface area contributed by atoms with Gasteiger partial charge in [0.1, 0.15) is 6.04 Å². The molecule has 0 bridgehead atoms. The number of aliphatic hydroxyl groups excluding tert-OH is 1. The van der Waals surface area contributed by atoms with E-state index in [9.17, 15) is 9.90 Å². The zero-order chi connectivity index (χ0) is 10.8. The molecule has 2 aliphatic rings. The number of aliphatic carboxylic acids is 1. The Morgan fingerprint density at radius 3 is 2.67 bits per heavy atom. The summed E-state index contributed by atoms with van der Waals surface area (Å²) in [7, 11) is 0. The van der Waals surface area contributed by atoms with E-state index in [-0.39, 0.29) is 19.3 Å². The second-order valence-corrected chi connectivity index (χ2v) is 3.84. The summed E-state index contributed by atoms with van der Waals surface area (Å²) in [5.41, 5.74) is 0. The van der Waals surface area contributed by atoms with Crippen LogP contribution in [0.2, 0.25) is 0 Å². The summed E-state index contributed by atoms with van der Waals surface area (Å²) in [6, 6.07) is -0.880. The molecule has 6 heteroatoms. The molecule has 0 amide bonds. The van der Waals surface area contributed by atoms with Crippen LogP contribution in [0.1, 0.15) is 0 Å². The fourth-order valence-electron chi connectivity index (χ4n) is 2.08. The molecule has 2 heterocycles. The molecule has 0 aromatic rings. The Hall–Kier alpha value is -0.690. The zero-order valence-electron chi connectivity index (χ0n) is 8.33. The lowest BCUT2D eigenvalue weighted by Crippen LogP contribution is -2.57. The summed E-state index contributed by atoms with van der Waals surface area (Å²) < 4.78 is 10.2. The average Bonchev–Trinajstić information content (AvgIpc) is 2.64. The predicted molar refractivity (Wildman–Crippen MR) is 49.6 cm³/mol. The van der Waals surface area contributed by atoms with Crippen LogP contribution in [0.25, 0.3) is 0 Å². The number of rotatable bonds is 2. The lowest BCUT2D eigenvalue weighted by Gasteiger charge is -2.37. The number of ether oxygens (including phenoxy) is 2. The molecule has 0 saturated carbocycles. The number of hydrogen-bond donors (Lipinski definition) is 2. The number of morpholine rings is 1. The Balaban J connectivity index is 2.06. The molecule has 2 N–H and O–H groups in total. The van der Waals surface area contributed by atoms with Crippen LogP contribution in [0, 0.1) is 0 Å². The van der Waals surface area contributed by atoms with Crippen molar-refractivity contribution in [1.82, 2.24) is 4.90 Å². The minimum Gasteiger partial charge on any atom is -0.480 e. The van der Waals surface area contributed by atoms with Gasteiger partial charge in [-0.05, 0) is 0 Å². The second-order valence-electron chi connectivity index (χ2n) is 3.84. The van der Waals surface area contributed by atoms with Crippen molar-refractivity contribution in [3.05, 3.63) is 0 Å². The Kier molecular flexibility index (Phi) is 3.20. The van der Waals surface area contributed by atoms with Gasteiger partial charge < -0.3 is 19.7 Å². The molecule has 2 fully saturated rings. The zero-order valence-corrected chi connectivity index (χ0v) is 8.33. The topological polar surface area (TPSA) is 79.2 Å². The smallest absolute Gasteiger partial charge is 0.323 e. The Bertz CT molecular complexity index is 247. The van der Waals surface area contributed by atoms with Gasteiger partial charge in [0.2, 0.25) is 0 Å². The van der Waals surface area contributed by atoms with E-state index in [1.165, 1.54) is 0 Å². The van der Waals surface area contributed by atoms with E-state index in [4.69, 9.17) is 14.6 Å². The van der Waals surface area contributed by atoms with Crippen molar-refractivity contribution >= 4 is 5.97 Å². The van der Waals surface area contributed by atoms with Gasteiger partial charge in [0.15, 0.2) is 0 Å². The van der Waals surface area contributed by atoms with Gasteiger partial charge in [0.25, 0.3) is 0 Å². The Morgan fingerprint density at radius 2 is 2.07 bits per heavy atom. The van der Waals surface area contributed by atoms with Crippen LogP contribution < -0.4 is 0 Å². The normalized spacial score (nSPS) is 38.1. The second kappa shape index (κ2) is 4.44. The molecule has 0 aliphatic carbocycles. The van der Waals surface area contributed by atoms with Crippen LogP contribution in [-0.2, 0) is 14.3 Å². The summed E-state index contributed by atoms with van der Waals surface area (Å²) >= 11 is 0. The maximum atomic E-state index is 11.0. The summed E-state index contributed by atoms with van der Waals surface area (Å²) in [4.78, 5) is 12.8. The van der Waals surface area contributed by atoms with Gasteiger partial charge in [-0.15, -0.1) is 0 Å². The summed E-state index contributed by atoms with van der Waals surface area (Å²) in [5.74, 6) is -0.909. The molecule has 2 saturated heterocycles. The van der Waals surface area contributed by atoms with Crippen molar-refractivity contribution in [3.8, 4) is 0 Å². The van der Waals surface area contributed by atoms with E-state index < -0.39 is 18.1 Å². The van der Waals surface area contributed by atoms with Crippen LogP contribution in [0.5, 0.6) is 0 Å². The fraction of sp³-hybridized carbons (Fsp3) is 0.889. The van der Waals surface area contributed by atoms with Gasteiger partial charge in [0.05, 0.1) is 38.6 Å². The number of carbonyl (C=O) groups is 1. The SMILES string of the molecule is O=C(O)C1COCCN1C1COCC1O. The molecule has 6 nitrogen and oxygen atoms in total. The maximum Gasteiger partial charge on any atom is 0.323 e. The van der Waals surface area contributed by atoms with Crippen molar-refractivity contribution in [2.75, 3.05) is 33.0 Å². The Morgan fingerprint density at radius 1 is 1.27 bits per heavy atom. The first-order valence-corrected chi connectivity index (χ1v) is 5.02. The highest BCUT2D eigenvalue weighted by Crippen LogP contribution is 2.18. The molecule has 0 spiro atoms. The molecule has 15 heavy (non-hydrogen) atoms. The first kappa shape index (κ1) is 10.8. The van der Waals surface area contributed by atoms with Crippen LogP contribution >= 0.6 is 0 Å². The van der Waals surface area contributed by atoms with Crippen molar-refractivity contribution in [3.63, 3.8) is 0 Å². The van der Waals surface area contributed by atoms with E-state index in [0.29, 0.717) is 19.8 Å². The molecular weight excluding hydrogens is 202 g/mol. The van der Waals surface area contributed by atoms with Gasteiger partial charge in [-0.2, -0.15) is 0 Å². The van der Waals surface area contributed by atoms with Crippen molar-refractivity contribution < 1.29 is 24.5 Å². The minimum atomic E-state index is -0.909. The van der Waals surface area contributed by atoms with Gasteiger partial charge >= 0.3 is 5.97 Å². The van der Waals surface area contributed by atoms with Crippen molar-refractivity contribution in [2.45, 2.75) is 18.2 Å². The maximum absolute atomic E-state index is 11.0. The highest BCUT2D eigenvalue weighted by atomic mass is 16.5. The van der Waals surface area contributed by atoms with Crippen LogP contribution in [0.15, 0.2) is 0 Å². The highest BCUT2D eigenvalue weighted by Gasteiger charge is 2.39. The number of aliphatic hydroxyl groups is 1. The molecular formula is C9H15NO5. The molecule has 2 rings (SSSR count). The summed E-state index contributed by atoms with van der Waals surface area (Å²) in [5, 5.41) is 18.7. The van der Waals surface area contributed by atoms with Gasteiger partial charge in [-0.25, -0.2) is 0 Å². The molecule has 3 unspecified atom stereocenters.